The number of aliphatic hydroxyl groups is 9. The molecule has 0 aliphatic carbocycles. The zero-order valence-corrected chi connectivity index (χ0v) is 26.8. The van der Waals surface area contributed by atoms with Crippen LogP contribution in [-0.2, 0) is 47.5 Å². The summed E-state index contributed by atoms with van der Waals surface area (Å²) >= 11 is 0. The molecule has 0 saturated carbocycles. The van der Waals surface area contributed by atoms with Gasteiger partial charge < -0.3 is 94.5 Å². The van der Waals surface area contributed by atoms with Crippen molar-refractivity contribution in [1.29, 1.82) is 0 Å². The quantitative estimate of drug-likeness (QED) is 0.126. The molecule has 11 N–H and O–H groups in total. The Morgan fingerprint density at radius 1 is 0.469 bits per heavy atom. The first-order valence-corrected chi connectivity index (χ1v) is 15.9. The number of hydrogen-bond acceptors (Lipinski definition) is 19. The molecule has 0 aromatic heterocycles. The molecule has 0 spiro atoms. The number of ether oxygens (including phenoxy) is 8. The van der Waals surface area contributed by atoms with Crippen molar-refractivity contribution in [3.8, 4) is 0 Å². The third-order valence-electron chi connectivity index (χ3n) is 9.22. The Morgan fingerprint density at radius 2 is 0.816 bits per heavy atom. The van der Waals surface area contributed by atoms with Gasteiger partial charge in [-0.25, -0.2) is 0 Å². The predicted octanol–water partition coefficient (Wildman–Crippen LogP) is -7.39. The Morgan fingerprint density at radius 3 is 1.27 bits per heavy atom. The van der Waals surface area contributed by atoms with Crippen LogP contribution >= 0.6 is 0 Å². The molecule has 2 amide bonds. The van der Waals surface area contributed by atoms with Crippen molar-refractivity contribution < 1.29 is 93.4 Å². The third-order valence-corrected chi connectivity index (χ3v) is 9.22. The SMILES string of the molecule is CC(=O)N[C@H]1[C@H]2O[C@@H]3[C@H](O[C@H]4[C@H](O[C@H]5[C@@H](O)[C@@H](CO)O[C@H](O[C@H]1[C@@H](O)[C@@H](CO)O2)[C@@H]5NC(C)=O)O[C@H](CO)[C@H](O)[C@@H]4O)O[C@@H](C)[C@@H](O)[C@H]3O. The van der Waals surface area contributed by atoms with E-state index in [4.69, 9.17) is 37.9 Å². The highest BCUT2D eigenvalue weighted by Gasteiger charge is 2.58. The van der Waals surface area contributed by atoms with Crippen molar-refractivity contribution >= 4 is 11.8 Å². The van der Waals surface area contributed by atoms with Crippen molar-refractivity contribution in [2.24, 2.45) is 0 Å². The van der Waals surface area contributed by atoms with Crippen LogP contribution in [0, 0.1) is 0 Å². The first kappa shape index (κ1) is 38.5. The lowest BCUT2D eigenvalue weighted by molar-refractivity contribution is -0.404. The Bertz CT molecular complexity index is 1140. The number of hydrogen-bond donors (Lipinski definition) is 11. The summed E-state index contributed by atoms with van der Waals surface area (Å²) in [7, 11) is 0. The highest BCUT2D eigenvalue weighted by molar-refractivity contribution is 5.73. The van der Waals surface area contributed by atoms with Gasteiger partial charge in [0.2, 0.25) is 11.8 Å². The smallest absolute Gasteiger partial charge is 0.217 e. The topological polar surface area (TPSA) is 314 Å². The molecule has 5 rings (SSSR count). The molecule has 20 atom stereocenters. The second-order valence-corrected chi connectivity index (χ2v) is 12.7. The molecule has 0 aromatic rings. The molecule has 5 saturated heterocycles. The van der Waals surface area contributed by atoms with Crippen LogP contribution in [0.1, 0.15) is 20.8 Å². The molecule has 5 aliphatic heterocycles. The van der Waals surface area contributed by atoms with Gasteiger partial charge >= 0.3 is 0 Å². The standard InChI is InChI=1S/C28H46N2O19/c1-7-15(36)19(40)23-27(42-7)49-24-20(41)16(37)10(4-31)45-28(24)47-22-14(30-9(3)35)25(43-12(6-33)18(22)39)46-21-13(29-8(2)34)26(48-23)44-11(5-32)17(21)38/h7,10-28,31-33,36-41H,4-6H2,1-3H3,(H,29,34)(H,30,35)/t7-,10+,11+,12+,13+,14+,15+,16-,17-,18-,19+,20-,21+,22+,23-,24+,25+,26+,27-,28-/m0/s1. The van der Waals surface area contributed by atoms with E-state index in [1.54, 1.807) is 0 Å². The fraction of sp³-hybridized carbons (Fsp3) is 0.929. The van der Waals surface area contributed by atoms with E-state index in [2.05, 4.69) is 10.6 Å². The molecule has 21 heteroatoms. The molecule has 4 bridgehead atoms. The van der Waals surface area contributed by atoms with Crippen LogP contribution in [0.5, 0.6) is 0 Å². The second-order valence-electron chi connectivity index (χ2n) is 12.7. The maximum Gasteiger partial charge on any atom is 0.217 e. The minimum Gasteiger partial charge on any atom is -0.394 e. The second kappa shape index (κ2) is 15.9. The van der Waals surface area contributed by atoms with Gasteiger partial charge in [0.1, 0.15) is 91.4 Å². The van der Waals surface area contributed by atoms with Crippen molar-refractivity contribution in [3.05, 3.63) is 0 Å². The molecular weight excluding hydrogens is 668 g/mol. The molecule has 5 aliphatic rings. The maximum absolute atomic E-state index is 12.5. The van der Waals surface area contributed by atoms with Gasteiger partial charge in [-0.2, -0.15) is 0 Å². The van der Waals surface area contributed by atoms with Gasteiger partial charge in [0, 0.05) is 13.8 Å². The first-order valence-electron chi connectivity index (χ1n) is 15.9. The molecule has 282 valence electrons. The van der Waals surface area contributed by atoms with Gasteiger partial charge in [0.25, 0.3) is 0 Å². The highest BCUT2D eigenvalue weighted by atomic mass is 16.8. The van der Waals surface area contributed by atoms with E-state index in [0.717, 1.165) is 13.8 Å². The maximum atomic E-state index is 12.5. The lowest BCUT2D eigenvalue weighted by atomic mass is 9.93. The molecular formula is C28H46N2O19. The third kappa shape index (κ3) is 7.73. The number of fused-ring (bicyclic) bond motifs is 6. The van der Waals surface area contributed by atoms with Crippen molar-refractivity contribution in [2.45, 2.75) is 143 Å². The summed E-state index contributed by atoms with van der Waals surface area (Å²) in [6, 6.07) is -2.97. The Kier molecular flexibility index (Phi) is 12.5. The largest absolute Gasteiger partial charge is 0.394 e. The zero-order chi connectivity index (χ0) is 35.9. The van der Waals surface area contributed by atoms with Crippen LogP contribution in [0.4, 0.5) is 0 Å². The van der Waals surface area contributed by atoms with Crippen LogP contribution in [0.3, 0.4) is 0 Å². The predicted molar refractivity (Wildman–Crippen MR) is 152 cm³/mol. The van der Waals surface area contributed by atoms with Gasteiger partial charge in [-0.15, -0.1) is 0 Å². The number of carbonyl (C=O) groups is 2. The van der Waals surface area contributed by atoms with Crippen molar-refractivity contribution in [1.82, 2.24) is 10.6 Å². The van der Waals surface area contributed by atoms with Gasteiger partial charge in [-0.1, -0.05) is 0 Å². The Hall–Kier alpha value is -1.74. The van der Waals surface area contributed by atoms with Crippen molar-refractivity contribution in [2.75, 3.05) is 19.8 Å². The Labute approximate surface area is 279 Å². The molecule has 0 aromatic carbocycles. The summed E-state index contributed by atoms with van der Waals surface area (Å²) in [6.45, 7) is 1.18. The van der Waals surface area contributed by atoms with Crippen LogP contribution in [0.2, 0.25) is 0 Å². The molecule has 49 heavy (non-hydrogen) atoms. The van der Waals surface area contributed by atoms with Crippen LogP contribution in [0.15, 0.2) is 0 Å². The van der Waals surface area contributed by atoms with E-state index in [1.807, 2.05) is 0 Å². The summed E-state index contributed by atoms with van der Waals surface area (Å²) < 4.78 is 47.6. The number of aliphatic hydroxyl groups excluding tert-OH is 9. The molecule has 21 nitrogen and oxygen atoms in total. The summed E-state index contributed by atoms with van der Waals surface area (Å²) in [5, 5.41) is 102. The van der Waals surface area contributed by atoms with E-state index in [9.17, 15) is 55.5 Å². The van der Waals surface area contributed by atoms with E-state index in [0.29, 0.717) is 0 Å². The van der Waals surface area contributed by atoms with Gasteiger partial charge in [0.15, 0.2) is 25.2 Å². The number of rotatable bonds is 5. The Balaban J connectivity index is 1.67. The minimum atomic E-state index is -1.90. The summed E-state index contributed by atoms with van der Waals surface area (Å²) in [4.78, 5) is 24.9. The van der Waals surface area contributed by atoms with E-state index in [1.165, 1.54) is 6.92 Å². The summed E-state index contributed by atoms with van der Waals surface area (Å²) in [5.41, 5.74) is 0. The van der Waals surface area contributed by atoms with Crippen LogP contribution in [-0.4, -0.2) is 200 Å². The monoisotopic (exact) mass is 714 g/mol. The molecule has 0 unspecified atom stereocenters. The first-order chi connectivity index (χ1) is 23.2. The average molecular weight is 715 g/mol. The van der Waals surface area contributed by atoms with Crippen LogP contribution < -0.4 is 10.6 Å². The van der Waals surface area contributed by atoms with Crippen molar-refractivity contribution in [3.63, 3.8) is 0 Å². The summed E-state index contributed by atoms with van der Waals surface area (Å²) in [6.07, 6.45) is -29.7. The molecule has 5 heterocycles. The minimum absolute atomic E-state index is 0.681. The van der Waals surface area contributed by atoms with Gasteiger partial charge in [-0.3, -0.25) is 9.59 Å². The average Bonchev–Trinajstić information content (AvgIpc) is 3.05. The fourth-order valence-electron chi connectivity index (χ4n) is 6.65. The zero-order valence-electron chi connectivity index (χ0n) is 26.8. The molecule has 5 fully saturated rings. The van der Waals surface area contributed by atoms with Gasteiger partial charge in [-0.05, 0) is 6.92 Å². The van der Waals surface area contributed by atoms with E-state index in [-0.39, 0.29) is 0 Å². The lowest BCUT2D eigenvalue weighted by Crippen LogP contribution is -2.72. The number of nitrogens with one attached hydrogen (secondary N) is 2. The lowest BCUT2D eigenvalue weighted by Gasteiger charge is -2.52. The normalized spacial score (nSPS) is 50.6. The molecule has 0 radical (unpaired) electrons. The van der Waals surface area contributed by atoms with Gasteiger partial charge in [0.05, 0.1) is 25.9 Å². The number of carbonyl (C=O) groups excluding carboxylic acids is 2. The summed E-state index contributed by atoms with van der Waals surface area (Å²) in [5.74, 6) is -1.37. The van der Waals surface area contributed by atoms with E-state index < -0.39 is 154 Å². The highest BCUT2D eigenvalue weighted by Crippen LogP contribution is 2.37. The van der Waals surface area contributed by atoms with E-state index >= 15 is 0 Å². The number of amides is 2. The fourth-order valence-corrected chi connectivity index (χ4v) is 6.65. The van der Waals surface area contributed by atoms with Crippen LogP contribution in [0.25, 0.3) is 0 Å².